The van der Waals surface area contributed by atoms with E-state index in [1.807, 2.05) is 60.7 Å². The van der Waals surface area contributed by atoms with E-state index in [-0.39, 0.29) is 21.3 Å². The van der Waals surface area contributed by atoms with Gasteiger partial charge >= 0.3 is 26.3 Å². The van der Waals surface area contributed by atoms with E-state index in [9.17, 15) is 21.6 Å². The number of rotatable bonds is 10. The van der Waals surface area contributed by atoms with Gasteiger partial charge in [0, 0.05) is 22.5 Å². The third-order valence-electron chi connectivity index (χ3n) is 7.12. The molecule has 0 saturated carbocycles. The van der Waals surface area contributed by atoms with E-state index in [0.29, 0.717) is 22.5 Å². The molecule has 2 N–H and O–H groups in total. The summed E-state index contributed by atoms with van der Waals surface area (Å²) >= 11 is 0. The van der Waals surface area contributed by atoms with Gasteiger partial charge in [0.05, 0.1) is 0 Å². The molecule has 0 radical (unpaired) electrons. The maximum Gasteiger partial charge on any atom is 0.339 e. The number of amides is 2. The molecule has 0 bridgehead atoms. The minimum Gasteiger partial charge on any atom is -0.379 e. The first-order chi connectivity index (χ1) is 23.2. The van der Waals surface area contributed by atoms with Crippen LogP contribution in [0.15, 0.2) is 168 Å². The SMILES string of the molecule is O=C(Nc1ccc(OS(=O)(=O)c2ccccc2-c2ccccc2)cc1)Nc1ccc(OS(=O)(=O)c2ccccc2-c2ccccc2)cc1. The van der Waals surface area contributed by atoms with Crippen LogP contribution >= 0.6 is 0 Å². The number of benzene rings is 6. The highest BCUT2D eigenvalue weighted by molar-refractivity contribution is 7.87. The number of carbonyl (C=O) groups is 1. The van der Waals surface area contributed by atoms with Crippen LogP contribution in [0.3, 0.4) is 0 Å². The minimum atomic E-state index is -4.16. The summed E-state index contributed by atoms with van der Waals surface area (Å²) < 4.78 is 63.5. The van der Waals surface area contributed by atoms with Gasteiger partial charge in [-0.25, -0.2) is 4.79 Å². The number of anilines is 2. The van der Waals surface area contributed by atoms with Gasteiger partial charge < -0.3 is 19.0 Å². The predicted molar refractivity (Wildman–Crippen MR) is 185 cm³/mol. The van der Waals surface area contributed by atoms with Crippen molar-refractivity contribution in [2.24, 2.45) is 0 Å². The zero-order valence-corrected chi connectivity index (χ0v) is 26.8. The van der Waals surface area contributed by atoms with E-state index >= 15 is 0 Å². The van der Waals surface area contributed by atoms with Gasteiger partial charge in [-0.2, -0.15) is 16.8 Å². The lowest BCUT2D eigenvalue weighted by atomic mass is 10.1. The average molecular weight is 677 g/mol. The first-order valence-electron chi connectivity index (χ1n) is 14.6. The van der Waals surface area contributed by atoms with Gasteiger partial charge in [-0.15, -0.1) is 0 Å². The molecule has 6 aromatic carbocycles. The number of nitrogens with one attached hydrogen (secondary N) is 2. The summed E-state index contributed by atoms with van der Waals surface area (Å²) in [7, 11) is -8.32. The molecule has 0 unspecified atom stereocenters. The lowest BCUT2D eigenvalue weighted by molar-refractivity contribution is 0.262. The van der Waals surface area contributed by atoms with Gasteiger partial charge in [0.2, 0.25) is 0 Å². The van der Waals surface area contributed by atoms with Crippen LogP contribution in [0.4, 0.5) is 16.2 Å². The van der Waals surface area contributed by atoms with Crippen molar-refractivity contribution in [1.29, 1.82) is 0 Å². The molecule has 0 heterocycles. The smallest absolute Gasteiger partial charge is 0.339 e. The molecule has 48 heavy (non-hydrogen) atoms. The van der Waals surface area contributed by atoms with E-state index in [2.05, 4.69) is 10.6 Å². The Morgan fingerprint density at radius 2 is 0.750 bits per heavy atom. The third kappa shape index (κ3) is 7.55. The molecule has 2 amide bonds. The molecule has 0 aliphatic heterocycles. The highest BCUT2D eigenvalue weighted by Gasteiger charge is 2.23. The summed E-state index contributed by atoms with van der Waals surface area (Å²) in [4.78, 5) is 12.7. The number of urea groups is 1. The molecule has 6 aromatic rings. The molecule has 6 rings (SSSR count). The van der Waals surface area contributed by atoms with Crippen LogP contribution < -0.4 is 19.0 Å². The molecule has 0 aliphatic rings. The molecule has 0 aliphatic carbocycles. The van der Waals surface area contributed by atoms with E-state index in [1.165, 1.54) is 60.7 Å². The van der Waals surface area contributed by atoms with Crippen LogP contribution in [0.2, 0.25) is 0 Å². The molecule has 11 heteroatoms. The Hall–Kier alpha value is -5.91. The van der Waals surface area contributed by atoms with Crippen LogP contribution in [0.1, 0.15) is 0 Å². The number of hydrogen-bond acceptors (Lipinski definition) is 7. The first-order valence-corrected chi connectivity index (χ1v) is 17.5. The van der Waals surface area contributed by atoms with Gasteiger partial charge in [-0.05, 0) is 71.8 Å². The van der Waals surface area contributed by atoms with Crippen LogP contribution in [0.25, 0.3) is 22.3 Å². The maximum absolute atomic E-state index is 13.2. The Labute approximate surface area is 278 Å². The molecule has 9 nitrogen and oxygen atoms in total. The molecule has 0 saturated heterocycles. The normalized spacial score (nSPS) is 11.3. The fraction of sp³-hybridized carbons (Fsp3) is 0. The van der Waals surface area contributed by atoms with Crippen LogP contribution in [-0.4, -0.2) is 22.9 Å². The summed E-state index contributed by atoms with van der Waals surface area (Å²) in [5.74, 6) is 0.140. The van der Waals surface area contributed by atoms with Crippen molar-refractivity contribution in [3.8, 4) is 33.8 Å². The number of hydrogen-bond donors (Lipinski definition) is 2. The van der Waals surface area contributed by atoms with Crippen molar-refractivity contribution >= 4 is 37.6 Å². The summed E-state index contributed by atoms with van der Waals surface area (Å²) in [6.07, 6.45) is 0. The second-order valence-electron chi connectivity index (χ2n) is 10.4. The van der Waals surface area contributed by atoms with Crippen LogP contribution in [0, 0.1) is 0 Å². The zero-order chi connectivity index (χ0) is 33.6. The van der Waals surface area contributed by atoms with Crippen molar-refractivity contribution in [2.45, 2.75) is 9.79 Å². The third-order valence-corrected chi connectivity index (χ3v) is 9.73. The monoisotopic (exact) mass is 676 g/mol. The fourth-order valence-electron chi connectivity index (χ4n) is 4.91. The molecule has 0 fully saturated rings. The molecule has 0 aromatic heterocycles. The summed E-state index contributed by atoms with van der Waals surface area (Å²) in [6, 6.07) is 42.6. The fourth-order valence-corrected chi connectivity index (χ4v) is 7.22. The van der Waals surface area contributed by atoms with Crippen molar-refractivity contribution in [3.05, 3.63) is 158 Å². The Kier molecular flexibility index (Phi) is 9.24. The standard InChI is InChI=1S/C37H28N2O7S2/c40-37(38-29-19-23-31(24-20-29)45-47(41,42)35-17-9-7-15-33(35)27-11-3-1-4-12-27)39-30-21-25-32(26-22-30)46-48(43,44)36-18-10-8-16-34(36)28-13-5-2-6-14-28/h1-26H,(H2,38,39,40). The zero-order valence-electron chi connectivity index (χ0n) is 25.2. The topological polar surface area (TPSA) is 128 Å². The Morgan fingerprint density at radius 1 is 0.417 bits per heavy atom. The van der Waals surface area contributed by atoms with Crippen molar-refractivity contribution < 1.29 is 30.0 Å². The van der Waals surface area contributed by atoms with Crippen molar-refractivity contribution in [1.82, 2.24) is 0 Å². The molecular formula is C37H28N2O7S2. The van der Waals surface area contributed by atoms with Gasteiger partial charge in [0.25, 0.3) is 0 Å². The Morgan fingerprint density at radius 3 is 1.12 bits per heavy atom. The van der Waals surface area contributed by atoms with Gasteiger partial charge in [0.15, 0.2) is 0 Å². The van der Waals surface area contributed by atoms with Crippen molar-refractivity contribution in [3.63, 3.8) is 0 Å². The van der Waals surface area contributed by atoms with Gasteiger partial charge in [0.1, 0.15) is 21.3 Å². The average Bonchev–Trinajstić information content (AvgIpc) is 3.10. The van der Waals surface area contributed by atoms with E-state index < -0.39 is 26.3 Å². The lowest BCUT2D eigenvalue weighted by Gasteiger charge is -2.13. The van der Waals surface area contributed by atoms with Crippen LogP contribution in [0.5, 0.6) is 11.5 Å². The van der Waals surface area contributed by atoms with Crippen molar-refractivity contribution in [2.75, 3.05) is 10.6 Å². The minimum absolute atomic E-state index is 0.0313. The quantitative estimate of drug-likeness (QED) is 0.140. The molecule has 0 spiro atoms. The number of carbonyl (C=O) groups excluding carboxylic acids is 1. The van der Waals surface area contributed by atoms with E-state index in [4.69, 9.17) is 8.37 Å². The second kappa shape index (κ2) is 13.8. The van der Waals surface area contributed by atoms with Crippen LogP contribution in [-0.2, 0) is 20.2 Å². The summed E-state index contributed by atoms with van der Waals surface area (Å²) in [5, 5.41) is 5.31. The maximum atomic E-state index is 13.2. The van der Waals surface area contributed by atoms with E-state index in [0.717, 1.165) is 11.1 Å². The van der Waals surface area contributed by atoms with Gasteiger partial charge in [-0.1, -0.05) is 97.1 Å². The molecule has 0 atom stereocenters. The van der Waals surface area contributed by atoms with Gasteiger partial charge in [-0.3, -0.25) is 0 Å². The highest BCUT2D eigenvalue weighted by Crippen LogP contribution is 2.31. The lowest BCUT2D eigenvalue weighted by Crippen LogP contribution is -2.19. The highest BCUT2D eigenvalue weighted by atomic mass is 32.2. The molecular weight excluding hydrogens is 649 g/mol. The largest absolute Gasteiger partial charge is 0.379 e. The Balaban J connectivity index is 1.07. The predicted octanol–water partition coefficient (Wildman–Crippen LogP) is 8.20. The molecule has 240 valence electrons. The summed E-state index contributed by atoms with van der Waals surface area (Å²) in [6.45, 7) is 0. The van der Waals surface area contributed by atoms with E-state index in [1.54, 1.807) is 36.4 Å². The second-order valence-corrected chi connectivity index (χ2v) is 13.5. The first kappa shape index (κ1) is 32.0. The summed E-state index contributed by atoms with van der Waals surface area (Å²) in [5.41, 5.74) is 3.27. The Bertz CT molecular complexity index is 2100.